The first kappa shape index (κ1) is 33.5. The quantitative estimate of drug-likeness (QED) is 0.139. The van der Waals surface area contributed by atoms with Gasteiger partial charge < -0.3 is 14.6 Å². The molecule has 1 N–H and O–H groups in total. The maximum atomic E-state index is 13.8. The lowest BCUT2D eigenvalue weighted by Crippen LogP contribution is -2.26. The molecule has 0 spiro atoms. The average Bonchev–Trinajstić information content (AvgIpc) is 3.41. The van der Waals surface area contributed by atoms with Crippen LogP contribution in [0, 0.1) is 6.92 Å². The lowest BCUT2D eigenvalue weighted by molar-refractivity contribution is 0.0472. The number of fused-ring (bicyclic) bond motifs is 1. The number of carbonyl (C=O) groups is 1. The summed E-state index contributed by atoms with van der Waals surface area (Å²) in [5, 5.41) is 3.46. The van der Waals surface area contributed by atoms with Crippen molar-refractivity contribution in [1.29, 1.82) is 0 Å². The van der Waals surface area contributed by atoms with Crippen LogP contribution in [0.25, 0.3) is 22.2 Å². The van der Waals surface area contributed by atoms with Gasteiger partial charge in [-0.25, -0.2) is 18.2 Å². The van der Waals surface area contributed by atoms with Crippen LogP contribution in [0.5, 0.6) is 0 Å². The van der Waals surface area contributed by atoms with Gasteiger partial charge in [0.1, 0.15) is 12.4 Å². The number of imidazole rings is 1. The molecule has 1 aromatic heterocycles. The summed E-state index contributed by atoms with van der Waals surface area (Å²) in [7, 11) is -0.433. The van der Waals surface area contributed by atoms with Crippen molar-refractivity contribution in [3.63, 3.8) is 0 Å². The van der Waals surface area contributed by atoms with Gasteiger partial charge in [-0.2, -0.15) is 0 Å². The summed E-state index contributed by atoms with van der Waals surface area (Å²) < 4.78 is 36.4. The summed E-state index contributed by atoms with van der Waals surface area (Å²) in [4.78, 5) is 18.5. The molecule has 250 valence electrons. The third-order valence-electron chi connectivity index (χ3n) is 8.90. The van der Waals surface area contributed by atoms with Crippen molar-refractivity contribution >= 4 is 38.4 Å². The highest BCUT2D eigenvalue weighted by atomic mass is 32.2. The van der Waals surface area contributed by atoms with Crippen LogP contribution in [-0.4, -0.2) is 31.0 Å². The first-order valence-electron chi connectivity index (χ1n) is 16.2. The number of aromatic nitrogens is 2. The summed E-state index contributed by atoms with van der Waals surface area (Å²) in [5.41, 5.74) is 7.76. The van der Waals surface area contributed by atoms with Crippen molar-refractivity contribution in [2.24, 2.45) is 7.05 Å². The fraction of sp³-hybridized carbons (Fsp3) is 0.200. The number of nitrogens with one attached hydrogen (secondary N) is 1. The molecule has 8 nitrogen and oxygen atoms in total. The third-order valence-corrected chi connectivity index (χ3v) is 10.7. The predicted octanol–water partition coefficient (Wildman–Crippen LogP) is 8.47. The van der Waals surface area contributed by atoms with Crippen LogP contribution in [0.4, 0.5) is 11.4 Å². The van der Waals surface area contributed by atoms with Crippen LogP contribution in [0.2, 0.25) is 0 Å². The second-order valence-electron chi connectivity index (χ2n) is 12.4. The first-order chi connectivity index (χ1) is 23.5. The Morgan fingerprint density at radius 1 is 0.898 bits per heavy atom. The third kappa shape index (κ3) is 7.07. The van der Waals surface area contributed by atoms with Crippen LogP contribution < -0.4 is 9.62 Å². The van der Waals surface area contributed by atoms with Crippen molar-refractivity contribution in [2.75, 3.05) is 16.7 Å². The molecule has 0 aliphatic rings. The maximum Gasteiger partial charge on any atom is 0.339 e. The Kier molecular flexibility index (Phi) is 9.56. The van der Waals surface area contributed by atoms with Crippen LogP contribution in [0.1, 0.15) is 52.6 Å². The number of hydrogen-bond donors (Lipinski definition) is 1. The molecule has 5 aromatic carbocycles. The molecule has 0 radical (unpaired) electrons. The number of nitrogens with zero attached hydrogens (tertiary/aromatic N) is 3. The number of rotatable bonds is 11. The van der Waals surface area contributed by atoms with Gasteiger partial charge in [0.05, 0.1) is 27.2 Å². The van der Waals surface area contributed by atoms with Crippen LogP contribution >= 0.6 is 0 Å². The van der Waals surface area contributed by atoms with Crippen molar-refractivity contribution < 1.29 is 17.9 Å². The number of sulfonamides is 1. The van der Waals surface area contributed by atoms with E-state index < -0.39 is 16.0 Å². The van der Waals surface area contributed by atoms with Gasteiger partial charge in [0.15, 0.2) is 0 Å². The van der Waals surface area contributed by atoms with Gasteiger partial charge in [-0.15, -0.1) is 0 Å². The molecule has 0 bridgehead atoms. The molecule has 49 heavy (non-hydrogen) atoms. The largest absolute Gasteiger partial charge is 0.457 e. The Morgan fingerprint density at radius 3 is 2.31 bits per heavy atom. The Balaban J connectivity index is 1.29. The number of benzene rings is 5. The van der Waals surface area contributed by atoms with E-state index in [4.69, 9.17) is 4.74 Å². The molecule has 6 rings (SSSR count). The zero-order valence-corrected chi connectivity index (χ0v) is 29.2. The normalized spacial score (nSPS) is 11.6. The molecular formula is C40H40N4O4S. The fourth-order valence-corrected chi connectivity index (χ4v) is 7.03. The highest BCUT2D eigenvalue weighted by Crippen LogP contribution is 2.32. The molecule has 6 aromatic rings. The summed E-state index contributed by atoms with van der Waals surface area (Å²) in [5.74, 6) is 0.801. The molecule has 0 aliphatic heterocycles. The van der Waals surface area contributed by atoms with Crippen molar-refractivity contribution in [1.82, 2.24) is 9.55 Å². The lowest BCUT2D eigenvalue weighted by atomic mass is 9.95. The molecule has 0 saturated carbocycles. The smallest absolute Gasteiger partial charge is 0.339 e. The molecule has 0 amide bonds. The number of anilines is 2. The number of ether oxygens (including phenoxy) is 1. The van der Waals surface area contributed by atoms with Crippen molar-refractivity contribution in [2.45, 2.75) is 44.7 Å². The summed E-state index contributed by atoms with van der Waals surface area (Å²) in [6, 6.07) is 35.8. The minimum atomic E-state index is -3.87. The van der Waals surface area contributed by atoms with Crippen molar-refractivity contribution in [3.8, 4) is 11.1 Å². The Labute approximate surface area is 288 Å². The monoisotopic (exact) mass is 672 g/mol. The number of aryl methyl sites for hydroxylation is 2. The van der Waals surface area contributed by atoms with Gasteiger partial charge in [-0.05, 0) is 83.1 Å². The summed E-state index contributed by atoms with van der Waals surface area (Å²) >= 11 is 0. The first-order valence-corrected chi connectivity index (χ1v) is 17.7. The van der Waals surface area contributed by atoms with E-state index in [1.54, 1.807) is 30.3 Å². The molecule has 0 fully saturated rings. The zero-order chi connectivity index (χ0) is 34.7. The van der Waals surface area contributed by atoms with Crippen LogP contribution in [0.3, 0.4) is 0 Å². The van der Waals surface area contributed by atoms with Gasteiger partial charge in [-0.3, -0.25) is 4.31 Å². The summed E-state index contributed by atoms with van der Waals surface area (Å²) in [6.45, 7) is 6.75. The second-order valence-corrected chi connectivity index (χ2v) is 14.4. The molecule has 0 aliphatic carbocycles. The molecule has 1 heterocycles. The van der Waals surface area contributed by atoms with Gasteiger partial charge in [0.25, 0.3) is 10.0 Å². The van der Waals surface area contributed by atoms with Gasteiger partial charge in [0.2, 0.25) is 0 Å². The lowest BCUT2D eigenvalue weighted by Gasteiger charge is -2.20. The van der Waals surface area contributed by atoms with E-state index in [2.05, 4.69) is 36.3 Å². The van der Waals surface area contributed by atoms with Crippen LogP contribution in [0.15, 0.2) is 120 Å². The van der Waals surface area contributed by atoms with Crippen molar-refractivity contribution in [3.05, 3.63) is 143 Å². The van der Waals surface area contributed by atoms with E-state index in [0.29, 0.717) is 34.8 Å². The van der Waals surface area contributed by atoms with E-state index in [0.717, 1.165) is 33.7 Å². The Hall–Kier alpha value is -5.41. The SMILES string of the molecule is Cc1nc2cc(S(=O)(=O)N(C)c3ccc(-c4cccc(CNc5ccc(C(C)C)cc5)c4C(=O)OCc4ccccc4)cc3)ccc2n1C. The van der Waals surface area contributed by atoms with Gasteiger partial charge in [-0.1, -0.05) is 86.6 Å². The van der Waals surface area contributed by atoms with Crippen LogP contribution in [-0.2, 0) is 35.0 Å². The minimum Gasteiger partial charge on any atom is -0.457 e. The van der Waals surface area contributed by atoms with E-state index in [9.17, 15) is 13.2 Å². The van der Waals surface area contributed by atoms with Gasteiger partial charge >= 0.3 is 5.97 Å². The number of hydrogen-bond acceptors (Lipinski definition) is 6. The average molecular weight is 673 g/mol. The standard InChI is InChI=1S/C40H40N4O4S/c1-27(2)30-14-18-33(19-15-30)41-25-32-12-9-13-36(39(32)40(45)48-26-29-10-7-6-8-11-29)31-16-20-34(21-17-31)44(5)49(46,47)35-22-23-38-37(24-35)42-28(3)43(38)4/h6-24,27,41H,25-26H2,1-5H3. The molecule has 9 heteroatoms. The molecule has 0 unspecified atom stereocenters. The minimum absolute atomic E-state index is 0.142. The maximum absolute atomic E-state index is 13.8. The zero-order valence-electron chi connectivity index (χ0n) is 28.3. The Morgan fingerprint density at radius 2 is 1.61 bits per heavy atom. The topological polar surface area (TPSA) is 93.5 Å². The number of carbonyl (C=O) groups excluding carboxylic acids is 1. The fourth-order valence-electron chi connectivity index (χ4n) is 5.82. The van der Waals surface area contributed by atoms with E-state index in [-0.39, 0.29) is 11.5 Å². The highest BCUT2D eigenvalue weighted by molar-refractivity contribution is 7.92. The summed E-state index contributed by atoms with van der Waals surface area (Å²) in [6.07, 6.45) is 0. The predicted molar refractivity (Wildman–Crippen MR) is 196 cm³/mol. The van der Waals surface area contributed by atoms with E-state index in [1.807, 2.05) is 91.3 Å². The molecular weight excluding hydrogens is 633 g/mol. The van der Waals surface area contributed by atoms with E-state index in [1.165, 1.54) is 16.9 Å². The van der Waals surface area contributed by atoms with Gasteiger partial charge in [0, 0.05) is 26.3 Å². The Bertz CT molecular complexity index is 2210. The molecule has 0 saturated heterocycles. The second kappa shape index (κ2) is 14.0. The highest BCUT2D eigenvalue weighted by Gasteiger charge is 2.24. The van der Waals surface area contributed by atoms with E-state index >= 15 is 0 Å². The molecule has 0 atom stereocenters. The number of esters is 1.